The van der Waals surface area contributed by atoms with Crippen LogP contribution in [0.25, 0.3) is 0 Å². The minimum Gasteiger partial charge on any atom is -0.506 e. The molecule has 0 fully saturated rings. The second-order valence-corrected chi connectivity index (χ2v) is 7.16. The van der Waals surface area contributed by atoms with Gasteiger partial charge in [0.1, 0.15) is 11.4 Å². The third kappa shape index (κ3) is 3.52. The van der Waals surface area contributed by atoms with Crippen molar-refractivity contribution in [2.75, 3.05) is 13.2 Å². The molecule has 7 heteroatoms. The molecule has 0 spiro atoms. The van der Waals surface area contributed by atoms with E-state index in [2.05, 4.69) is 0 Å². The minimum absolute atomic E-state index is 0.0118. The van der Waals surface area contributed by atoms with Crippen LogP contribution in [-0.4, -0.2) is 40.8 Å². The molecule has 0 unspecified atom stereocenters. The Hall–Kier alpha value is -1.76. The van der Waals surface area contributed by atoms with Gasteiger partial charge < -0.3 is 19.5 Å². The Kier molecular flexibility index (Phi) is 4.65. The Morgan fingerprint density at radius 1 is 1.36 bits per heavy atom. The van der Waals surface area contributed by atoms with Gasteiger partial charge in [-0.2, -0.15) is 0 Å². The molecule has 1 aliphatic heterocycles. The lowest BCUT2D eigenvalue weighted by atomic mass is 10.1. The van der Waals surface area contributed by atoms with Crippen LogP contribution in [0.3, 0.4) is 0 Å². The number of fused-ring (bicyclic) bond motifs is 1. The van der Waals surface area contributed by atoms with Crippen LogP contribution in [0, 0.1) is 0 Å². The van der Waals surface area contributed by atoms with Gasteiger partial charge in [0.25, 0.3) is 0 Å². The second-order valence-electron chi connectivity index (χ2n) is 6.05. The number of carbonyl (C=O) groups is 2. The van der Waals surface area contributed by atoms with Crippen molar-refractivity contribution in [3.8, 4) is 5.75 Å². The standard InChI is InChI=1S/C15H21NO5S/c1-5-20-13(18)12-11(17)9-6-7-16(8-10(9)22-12)14(19)21-15(2,3)4/h17H,5-8H2,1-4H3. The first-order valence-corrected chi connectivity index (χ1v) is 8.03. The Morgan fingerprint density at radius 2 is 2.05 bits per heavy atom. The van der Waals surface area contributed by atoms with E-state index in [0.717, 1.165) is 10.4 Å². The molecule has 0 saturated carbocycles. The molecule has 1 amide bonds. The molecule has 0 bridgehead atoms. The maximum Gasteiger partial charge on any atom is 0.410 e. The molecule has 1 aromatic rings. The van der Waals surface area contributed by atoms with Crippen LogP contribution in [-0.2, 0) is 22.4 Å². The van der Waals surface area contributed by atoms with Crippen LogP contribution in [0.1, 0.15) is 47.8 Å². The highest BCUT2D eigenvalue weighted by Crippen LogP contribution is 2.38. The molecule has 0 aliphatic carbocycles. The van der Waals surface area contributed by atoms with Crippen molar-refractivity contribution < 1.29 is 24.2 Å². The smallest absolute Gasteiger partial charge is 0.410 e. The van der Waals surface area contributed by atoms with E-state index in [0.29, 0.717) is 19.5 Å². The Balaban J connectivity index is 2.16. The van der Waals surface area contributed by atoms with Gasteiger partial charge in [-0.05, 0) is 34.1 Å². The third-order valence-electron chi connectivity index (χ3n) is 3.14. The molecule has 122 valence electrons. The molecule has 2 heterocycles. The minimum atomic E-state index is -0.551. The molecule has 1 N–H and O–H groups in total. The fourth-order valence-electron chi connectivity index (χ4n) is 2.20. The average molecular weight is 327 g/mol. The quantitative estimate of drug-likeness (QED) is 0.845. The van der Waals surface area contributed by atoms with Crippen LogP contribution >= 0.6 is 11.3 Å². The normalized spacial score (nSPS) is 14.5. The summed E-state index contributed by atoms with van der Waals surface area (Å²) in [7, 11) is 0. The second kappa shape index (κ2) is 6.16. The SMILES string of the molecule is CCOC(=O)c1sc2c(c1O)CCN(C(=O)OC(C)(C)C)C2. The molecule has 2 rings (SSSR count). The van der Waals surface area contributed by atoms with E-state index >= 15 is 0 Å². The van der Waals surface area contributed by atoms with Crippen LogP contribution in [0.4, 0.5) is 4.79 Å². The lowest BCUT2D eigenvalue weighted by Crippen LogP contribution is -2.39. The number of thiophene rings is 1. The molecular formula is C15H21NO5S. The zero-order valence-electron chi connectivity index (χ0n) is 13.3. The Morgan fingerprint density at radius 3 is 2.64 bits per heavy atom. The predicted molar refractivity (Wildman–Crippen MR) is 82.3 cm³/mol. The number of hydrogen-bond donors (Lipinski definition) is 1. The fourth-order valence-corrected chi connectivity index (χ4v) is 3.36. The highest BCUT2D eigenvalue weighted by molar-refractivity contribution is 7.14. The van der Waals surface area contributed by atoms with Crippen molar-refractivity contribution in [3.63, 3.8) is 0 Å². The number of ether oxygens (including phenoxy) is 2. The topological polar surface area (TPSA) is 76.1 Å². The zero-order chi connectivity index (χ0) is 16.5. The lowest BCUT2D eigenvalue weighted by Gasteiger charge is -2.29. The van der Waals surface area contributed by atoms with Gasteiger partial charge >= 0.3 is 12.1 Å². The van der Waals surface area contributed by atoms with Crippen molar-refractivity contribution >= 4 is 23.4 Å². The highest BCUT2D eigenvalue weighted by Gasteiger charge is 2.31. The van der Waals surface area contributed by atoms with E-state index in [1.807, 2.05) is 20.8 Å². The summed E-state index contributed by atoms with van der Waals surface area (Å²) in [6.07, 6.45) is 0.111. The molecule has 1 aromatic heterocycles. The summed E-state index contributed by atoms with van der Waals surface area (Å²) in [4.78, 5) is 26.5. The summed E-state index contributed by atoms with van der Waals surface area (Å²) in [6, 6.07) is 0. The monoisotopic (exact) mass is 327 g/mol. The molecule has 0 radical (unpaired) electrons. The maximum atomic E-state index is 12.1. The fraction of sp³-hybridized carbons (Fsp3) is 0.600. The van der Waals surface area contributed by atoms with Crippen molar-refractivity contribution in [1.29, 1.82) is 0 Å². The molecule has 0 aromatic carbocycles. The number of nitrogens with zero attached hydrogens (tertiary/aromatic N) is 1. The molecule has 22 heavy (non-hydrogen) atoms. The summed E-state index contributed by atoms with van der Waals surface area (Å²) in [5.74, 6) is -0.537. The highest BCUT2D eigenvalue weighted by atomic mass is 32.1. The molecule has 0 atom stereocenters. The average Bonchev–Trinajstić information content (AvgIpc) is 2.74. The number of amides is 1. The number of aromatic hydroxyl groups is 1. The van der Waals surface area contributed by atoms with Gasteiger partial charge in [0.05, 0.1) is 13.2 Å². The first-order chi connectivity index (χ1) is 10.2. The van der Waals surface area contributed by atoms with Crippen molar-refractivity contribution in [2.45, 2.75) is 46.3 Å². The molecule has 1 aliphatic rings. The van der Waals surface area contributed by atoms with Crippen LogP contribution in [0.5, 0.6) is 5.75 Å². The largest absolute Gasteiger partial charge is 0.506 e. The third-order valence-corrected chi connectivity index (χ3v) is 4.33. The summed E-state index contributed by atoms with van der Waals surface area (Å²) in [6.45, 7) is 8.20. The van der Waals surface area contributed by atoms with Gasteiger partial charge in [0, 0.05) is 17.0 Å². The Labute approximate surface area is 133 Å². The number of rotatable bonds is 2. The van der Waals surface area contributed by atoms with E-state index in [4.69, 9.17) is 9.47 Å². The molecule has 0 saturated heterocycles. The van der Waals surface area contributed by atoms with E-state index in [9.17, 15) is 14.7 Å². The van der Waals surface area contributed by atoms with E-state index in [1.54, 1.807) is 11.8 Å². The van der Waals surface area contributed by atoms with E-state index in [1.165, 1.54) is 11.3 Å². The van der Waals surface area contributed by atoms with Gasteiger partial charge in [0.2, 0.25) is 0 Å². The van der Waals surface area contributed by atoms with Gasteiger partial charge in [-0.25, -0.2) is 9.59 Å². The first kappa shape index (κ1) is 16.6. The predicted octanol–water partition coefficient (Wildman–Crippen LogP) is 2.92. The van der Waals surface area contributed by atoms with Crippen LogP contribution < -0.4 is 0 Å². The number of hydrogen-bond acceptors (Lipinski definition) is 6. The van der Waals surface area contributed by atoms with Crippen molar-refractivity contribution in [2.24, 2.45) is 0 Å². The van der Waals surface area contributed by atoms with Gasteiger partial charge in [-0.1, -0.05) is 0 Å². The molecule has 6 nitrogen and oxygen atoms in total. The summed E-state index contributed by atoms with van der Waals surface area (Å²) in [5, 5.41) is 10.2. The lowest BCUT2D eigenvalue weighted by molar-refractivity contribution is 0.0225. The van der Waals surface area contributed by atoms with Crippen LogP contribution in [0.15, 0.2) is 0 Å². The van der Waals surface area contributed by atoms with Crippen LogP contribution in [0.2, 0.25) is 0 Å². The first-order valence-electron chi connectivity index (χ1n) is 7.21. The van der Waals surface area contributed by atoms with E-state index < -0.39 is 11.6 Å². The Bertz CT molecular complexity index is 587. The molecular weight excluding hydrogens is 306 g/mol. The van der Waals surface area contributed by atoms with Gasteiger partial charge in [0.15, 0.2) is 4.88 Å². The summed E-state index contributed by atoms with van der Waals surface area (Å²) in [5.41, 5.74) is 0.179. The van der Waals surface area contributed by atoms with Crippen molar-refractivity contribution in [1.82, 2.24) is 4.90 Å². The summed E-state index contributed by atoms with van der Waals surface area (Å²) >= 11 is 1.18. The number of esters is 1. The number of carbonyl (C=O) groups excluding carboxylic acids is 2. The van der Waals surface area contributed by atoms with Gasteiger partial charge in [-0.15, -0.1) is 11.3 Å². The zero-order valence-corrected chi connectivity index (χ0v) is 14.1. The van der Waals surface area contributed by atoms with Crippen molar-refractivity contribution in [3.05, 3.63) is 15.3 Å². The van der Waals surface area contributed by atoms with Gasteiger partial charge in [-0.3, -0.25) is 0 Å². The van der Waals surface area contributed by atoms with E-state index in [-0.39, 0.29) is 23.3 Å². The maximum absolute atomic E-state index is 12.1. The summed E-state index contributed by atoms with van der Waals surface area (Å²) < 4.78 is 10.3.